The van der Waals surface area contributed by atoms with Gasteiger partial charge in [-0.3, -0.25) is 9.78 Å². The molecule has 1 aromatic carbocycles. The van der Waals surface area contributed by atoms with Crippen LogP contribution in [0.3, 0.4) is 0 Å². The normalized spacial score (nSPS) is 21.9. The largest absolute Gasteiger partial charge is 0.391 e. The van der Waals surface area contributed by atoms with E-state index in [4.69, 9.17) is 11.5 Å². The SMILES string of the molecule is C[C@H]1CN(c2c(CC(=O)c3nc(-c4c(F)cccc4F)sc3N)cnc3c2CCC3)C[C@@H](N)[C@@H]1O. The summed E-state index contributed by atoms with van der Waals surface area (Å²) in [5.41, 5.74) is 15.8. The van der Waals surface area contributed by atoms with Crippen molar-refractivity contribution >= 4 is 27.8 Å². The van der Waals surface area contributed by atoms with Crippen LogP contribution in [0, 0.1) is 17.6 Å². The lowest BCUT2D eigenvalue weighted by atomic mass is 9.91. The fraction of sp³-hybridized carbons (Fsp3) is 0.400. The fourth-order valence-electron chi connectivity index (χ4n) is 5.15. The first-order valence-corrected chi connectivity index (χ1v) is 12.5. The Labute approximate surface area is 205 Å². The summed E-state index contributed by atoms with van der Waals surface area (Å²) in [6, 6.07) is 3.15. The number of nitrogens with zero attached hydrogens (tertiary/aromatic N) is 3. The Kier molecular flexibility index (Phi) is 6.29. The summed E-state index contributed by atoms with van der Waals surface area (Å²) in [7, 11) is 0. The number of carbonyl (C=O) groups is 1. The molecular formula is C25H27F2N5O2S. The van der Waals surface area contributed by atoms with Crippen molar-refractivity contribution in [3.05, 3.63) is 58.5 Å². The van der Waals surface area contributed by atoms with Gasteiger partial charge in [0.05, 0.1) is 11.7 Å². The number of carbonyl (C=O) groups excluding carboxylic acids is 1. The Hall–Kier alpha value is -2.95. The molecule has 35 heavy (non-hydrogen) atoms. The van der Waals surface area contributed by atoms with Crippen LogP contribution in [0.1, 0.15) is 40.7 Å². The minimum absolute atomic E-state index is 0.00163. The number of hydrogen-bond acceptors (Lipinski definition) is 8. The third kappa shape index (κ3) is 4.30. The van der Waals surface area contributed by atoms with Crippen molar-refractivity contribution in [2.75, 3.05) is 23.7 Å². The smallest absolute Gasteiger partial charge is 0.188 e. The van der Waals surface area contributed by atoms with E-state index < -0.39 is 23.8 Å². The quantitative estimate of drug-likeness (QED) is 0.462. The zero-order valence-electron chi connectivity index (χ0n) is 19.3. The van der Waals surface area contributed by atoms with Crippen molar-refractivity contribution in [2.45, 2.75) is 44.8 Å². The predicted molar refractivity (Wildman–Crippen MR) is 132 cm³/mol. The van der Waals surface area contributed by atoms with E-state index >= 15 is 0 Å². The Morgan fingerprint density at radius 2 is 2.00 bits per heavy atom. The van der Waals surface area contributed by atoms with Gasteiger partial charge in [0.15, 0.2) is 5.78 Å². The second-order valence-corrected chi connectivity index (χ2v) is 10.4. The summed E-state index contributed by atoms with van der Waals surface area (Å²) in [6.07, 6.45) is 3.85. The summed E-state index contributed by atoms with van der Waals surface area (Å²) in [6.45, 7) is 3.04. The van der Waals surface area contributed by atoms with E-state index in [0.717, 1.165) is 65.2 Å². The highest BCUT2D eigenvalue weighted by Gasteiger charge is 2.34. The minimum Gasteiger partial charge on any atom is -0.391 e. The molecule has 0 radical (unpaired) electrons. The van der Waals surface area contributed by atoms with Gasteiger partial charge >= 0.3 is 0 Å². The van der Waals surface area contributed by atoms with Gasteiger partial charge < -0.3 is 21.5 Å². The number of nitrogens with two attached hydrogens (primary N) is 2. The highest BCUT2D eigenvalue weighted by molar-refractivity contribution is 7.19. The first-order chi connectivity index (χ1) is 16.7. The van der Waals surface area contributed by atoms with Gasteiger partial charge in [-0.25, -0.2) is 13.8 Å². The third-order valence-corrected chi connectivity index (χ3v) is 7.78. The van der Waals surface area contributed by atoms with Gasteiger partial charge in [-0.2, -0.15) is 0 Å². The van der Waals surface area contributed by atoms with E-state index in [1.54, 1.807) is 6.20 Å². The summed E-state index contributed by atoms with van der Waals surface area (Å²) < 4.78 is 28.5. The number of ketones is 1. The zero-order chi connectivity index (χ0) is 24.9. The summed E-state index contributed by atoms with van der Waals surface area (Å²) in [5, 5.41) is 10.5. The van der Waals surface area contributed by atoms with Gasteiger partial charge in [0.25, 0.3) is 0 Å². The number of hydrogen-bond donors (Lipinski definition) is 3. The minimum atomic E-state index is -0.763. The average molecular weight is 500 g/mol. The number of aryl methyl sites for hydroxylation is 1. The standard InChI is InChI=1S/C25H27F2N5O2S/c1-12-10-32(11-17(28)23(12)34)22-13(9-30-18-7-2-4-14(18)22)8-19(33)21-24(29)35-25(31-21)20-15(26)5-3-6-16(20)27/h3,5-6,9,12,17,23,34H,2,4,7-8,10-11,28-29H2,1H3/t12-,17+,23+/m0/s1. The molecule has 2 aliphatic rings. The number of aliphatic hydroxyl groups is 1. The highest BCUT2D eigenvalue weighted by Crippen LogP contribution is 2.37. The first-order valence-electron chi connectivity index (χ1n) is 11.7. The Balaban J connectivity index is 1.49. The Bertz CT molecular complexity index is 1260. The Morgan fingerprint density at radius 1 is 1.26 bits per heavy atom. The monoisotopic (exact) mass is 499 g/mol. The molecule has 0 amide bonds. The van der Waals surface area contributed by atoms with Crippen molar-refractivity contribution < 1.29 is 18.7 Å². The van der Waals surface area contributed by atoms with Gasteiger partial charge in [0.1, 0.15) is 27.3 Å². The molecule has 5 N–H and O–H groups in total. The fourth-order valence-corrected chi connectivity index (χ4v) is 6.05. The number of thiazole rings is 1. The van der Waals surface area contributed by atoms with Crippen LogP contribution in [0.2, 0.25) is 0 Å². The number of pyridine rings is 1. The van der Waals surface area contributed by atoms with E-state index in [9.17, 15) is 18.7 Å². The van der Waals surface area contributed by atoms with E-state index in [1.165, 1.54) is 6.07 Å². The number of benzene rings is 1. The second-order valence-electron chi connectivity index (χ2n) is 9.38. The maximum atomic E-state index is 14.3. The van der Waals surface area contributed by atoms with Gasteiger partial charge in [-0.1, -0.05) is 24.3 Å². The molecule has 7 nitrogen and oxygen atoms in total. The molecule has 0 saturated carbocycles. The number of nitrogen functional groups attached to an aromatic ring is 1. The molecule has 184 valence electrons. The van der Waals surface area contributed by atoms with Crippen LogP contribution in [0.5, 0.6) is 0 Å². The molecule has 2 aromatic heterocycles. The van der Waals surface area contributed by atoms with E-state index in [1.807, 2.05) is 6.92 Å². The summed E-state index contributed by atoms with van der Waals surface area (Å²) >= 11 is 0.883. The first kappa shape index (κ1) is 23.8. The van der Waals surface area contributed by atoms with Crippen molar-refractivity contribution in [3.8, 4) is 10.6 Å². The topological polar surface area (TPSA) is 118 Å². The summed E-state index contributed by atoms with van der Waals surface area (Å²) in [4.78, 5) is 24.3. The van der Waals surface area contributed by atoms with E-state index in [2.05, 4.69) is 14.9 Å². The van der Waals surface area contributed by atoms with Gasteiger partial charge in [-0.05, 0) is 37.0 Å². The molecule has 1 aliphatic heterocycles. The number of Topliss-reactive ketones (excluding diaryl/α,β-unsaturated/α-hetero) is 1. The molecular weight excluding hydrogens is 472 g/mol. The highest BCUT2D eigenvalue weighted by atomic mass is 32.1. The van der Waals surface area contributed by atoms with E-state index in [0.29, 0.717) is 13.1 Å². The second kappa shape index (κ2) is 9.25. The van der Waals surface area contributed by atoms with Crippen LogP contribution in [0.25, 0.3) is 10.6 Å². The molecule has 3 aromatic rings. The van der Waals surface area contributed by atoms with Crippen LogP contribution >= 0.6 is 11.3 Å². The average Bonchev–Trinajstić information content (AvgIpc) is 3.43. The number of halogens is 2. The molecule has 3 atom stereocenters. The molecule has 1 aliphatic carbocycles. The van der Waals surface area contributed by atoms with E-state index in [-0.39, 0.29) is 39.4 Å². The number of anilines is 2. The number of fused-ring (bicyclic) bond motifs is 1. The van der Waals surface area contributed by atoms with Crippen LogP contribution in [-0.2, 0) is 19.3 Å². The van der Waals surface area contributed by atoms with Crippen LogP contribution < -0.4 is 16.4 Å². The van der Waals surface area contributed by atoms with Crippen LogP contribution in [-0.4, -0.2) is 46.1 Å². The van der Waals surface area contributed by atoms with Crippen LogP contribution in [0.4, 0.5) is 19.5 Å². The van der Waals surface area contributed by atoms with Gasteiger partial charge in [0.2, 0.25) is 0 Å². The lowest BCUT2D eigenvalue weighted by Gasteiger charge is -2.41. The number of aromatic nitrogens is 2. The molecule has 0 bridgehead atoms. The zero-order valence-corrected chi connectivity index (χ0v) is 20.1. The van der Waals surface area contributed by atoms with Crippen molar-refractivity contribution in [3.63, 3.8) is 0 Å². The third-order valence-electron chi connectivity index (χ3n) is 6.88. The number of aliphatic hydroxyl groups excluding tert-OH is 1. The maximum absolute atomic E-state index is 14.3. The lowest BCUT2D eigenvalue weighted by Crippen LogP contribution is -2.56. The van der Waals surface area contributed by atoms with Crippen LogP contribution in [0.15, 0.2) is 24.4 Å². The predicted octanol–water partition coefficient (Wildman–Crippen LogP) is 3.12. The molecule has 0 spiro atoms. The van der Waals surface area contributed by atoms with Crippen molar-refractivity contribution in [1.82, 2.24) is 9.97 Å². The summed E-state index contributed by atoms with van der Waals surface area (Å²) in [5.74, 6) is -1.90. The Morgan fingerprint density at radius 3 is 2.71 bits per heavy atom. The maximum Gasteiger partial charge on any atom is 0.188 e. The molecule has 5 rings (SSSR count). The molecule has 0 unspecified atom stereocenters. The number of piperidine rings is 1. The lowest BCUT2D eigenvalue weighted by molar-refractivity contribution is 0.0783. The number of rotatable bonds is 5. The van der Waals surface area contributed by atoms with Crippen molar-refractivity contribution in [2.24, 2.45) is 11.7 Å². The molecule has 3 heterocycles. The molecule has 1 fully saturated rings. The molecule has 10 heteroatoms. The van der Waals surface area contributed by atoms with Gasteiger partial charge in [-0.15, -0.1) is 0 Å². The van der Waals surface area contributed by atoms with Crippen molar-refractivity contribution in [1.29, 1.82) is 0 Å². The molecule has 1 saturated heterocycles. The van der Waals surface area contributed by atoms with Gasteiger partial charge in [0, 0.05) is 54.6 Å².